The van der Waals surface area contributed by atoms with Crippen LogP contribution in [-0.2, 0) is 16.1 Å². The Bertz CT molecular complexity index is 1220. The topological polar surface area (TPSA) is 148 Å². The predicted octanol–water partition coefficient (Wildman–Crippen LogP) is 1.28. The van der Waals surface area contributed by atoms with Crippen LogP contribution in [0.4, 0.5) is 10.5 Å². The molecule has 10 nitrogen and oxygen atoms in total. The maximum absolute atomic E-state index is 13.0. The van der Waals surface area contributed by atoms with Gasteiger partial charge in [0, 0.05) is 18.7 Å². The second kappa shape index (κ2) is 8.31. The Kier molecular flexibility index (Phi) is 5.39. The zero-order valence-electron chi connectivity index (χ0n) is 16.7. The normalized spacial score (nSPS) is 17.5. The molecule has 1 fully saturated rings. The number of piperidine rings is 1. The minimum atomic E-state index is -1.06. The number of benzene rings is 2. The Balaban J connectivity index is 1.49. The fourth-order valence-electron chi connectivity index (χ4n) is 3.75. The Labute approximate surface area is 182 Å². The SMILES string of the molecule is N#Cc1cccc(NC(=O)NCc2cccc3c2C(=O)N(C2CCC(=O)NC2=O)C3=O)c1. The van der Waals surface area contributed by atoms with Gasteiger partial charge < -0.3 is 10.6 Å². The Morgan fingerprint density at radius 1 is 1.12 bits per heavy atom. The summed E-state index contributed by atoms with van der Waals surface area (Å²) < 4.78 is 0. The van der Waals surface area contributed by atoms with Gasteiger partial charge in [-0.1, -0.05) is 18.2 Å². The number of urea groups is 1. The van der Waals surface area contributed by atoms with E-state index in [1.807, 2.05) is 6.07 Å². The van der Waals surface area contributed by atoms with Gasteiger partial charge in [0.25, 0.3) is 11.8 Å². The Hall–Kier alpha value is -4.52. The number of nitriles is 1. The molecule has 32 heavy (non-hydrogen) atoms. The number of hydrogen-bond acceptors (Lipinski definition) is 6. The zero-order chi connectivity index (χ0) is 22.8. The number of nitrogens with zero attached hydrogens (tertiary/aromatic N) is 2. The number of anilines is 1. The van der Waals surface area contributed by atoms with Gasteiger partial charge in [-0.2, -0.15) is 5.26 Å². The maximum Gasteiger partial charge on any atom is 0.319 e. The maximum atomic E-state index is 13.0. The van der Waals surface area contributed by atoms with Crippen molar-refractivity contribution in [3.63, 3.8) is 0 Å². The van der Waals surface area contributed by atoms with E-state index in [9.17, 15) is 24.0 Å². The molecule has 2 aliphatic rings. The number of hydrogen-bond donors (Lipinski definition) is 3. The Morgan fingerprint density at radius 3 is 2.66 bits per heavy atom. The first kappa shape index (κ1) is 20.7. The summed E-state index contributed by atoms with van der Waals surface area (Å²) in [6.07, 6.45) is 0.0965. The van der Waals surface area contributed by atoms with Gasteiger partial charge in [0.05, 0.1) is 22.8 Å². The van der Waals surface area contributed by atoms with Crippen LogP contribution in [0.25, 0.3) is 0 Å². The second-order valence-electron chi connectivity index (χ2n) is 7.29. The molecule has 0 aromatic heterocycles. The van der Waals surface area contributed by atoms with Gasteiger partial charge in [-0.3, -0.25) is 29.4 Å². The van der Waals surface area contributed by atoms with Crippen LogP contribution >= 0.6 is 0 Å². The molecule has 0 spiro atoms. The van der Waals surface area contributed by atoms with E-state index >= 15 is 0 Å². The lowest BCUT2D eigenvalue weighted by Crippen LogP contribution is -2.54. The lowest BCUT2D eigenvalue weighted by Gasteiger charge is -2.27. The van der Waals surface area contributed by atoms with E-state index in [4.69, 9.17) is 5.26 Å². The molecule has 6 amide bonds. The van der Waals surface area contributed by atoms with Crippen LogP contribution in [0, 0.1) is 11.3 Å². The summed E-state index contributed by atoms with van der Waals surface area (Å²) in [7, 11) is 0. The lowest BCUT2D eigenvalue weighted by atomic mass is 10.0. The molecule has 1 atom stereocenters. The van der Waals surface area contributed by atoms with Gasteiger partial charge in [-0.05, 0) is 36.2 Å². The standard InChI is InChI=1S/C22H17N5O5/c23-10-12-3-1-5-14(9-12)25-22(32)24-11-13-4-2-6-15-18(13)21(31)27(20(15)30)16-7-8-17(28)26-19(16)29/h1-6,9,16H,7-8,11H2,(H2,24,25,32)(H,26,28,29). The smallest absolute Gasteiger partial charge is 0.319 e. The molecule has 1 saturated heterocycles. The first-order valence-corrected chi connectivity index (χ1v) is 9.77. The molecule has 0 radical (unpaired) electrons. The monoisotopic (exact) mass is 431 g/mol. The predicted molar refractivity (Wildman–Crippen MR) is 110 cm³/mol. The highest BCUT2D eigenvalue weighted by Crippen LogP contribution is 2.29. The second-order valence-corrected chi connectivity index (χ2v) is 7.29. The average Bonchev–Trinajstić information content (AvgIpc) is 3.03. The van der Waals surface area contributed by atoms with Gasteiger partial charge in [-0.25, -0.2) is 4.79 Å². The van der Waals surface area contributed by atoms with Crippen molar-refractivity contribution in [2.75, 3.05) is 5.32 Å². The number of amides is 6. The summed E-state index contributed by atoms with van der Waals surface area (Å²) >= 11 is 0. The highest BCUT2D eigenvalue weighted by atomic mass is 16.2. The number of fused-ring (bicyclic) bond motifs is 1. The number of carbonyl (C=O) groups excluding carboxylic acids is 5. The summed E-state index contributed by atoms with van der Waals surface area (Å²) in [6, 6.07) is 11.4. The molecule has 3 N–H and O–H groups in total. The molecule has 2 heterocycles. The fourth-order valence-corrected chi connectivity index (χ4v) is 3.75. The first-order valence-electron chi connectivity index (χ1n) is 9.77. The fraction of sp³-hybridized carbons (Fsp3) is 0.182. The number of rotatable bonds is 4. The number of carbonyl (C=O) groups is 5. The van der Waals surface area contributed by atoms with Gasteiger partial charge in [0.2, 0.25) is 11.8 Å². The third kappa shape index (κ3) is 3.79. The highest BCUT2D eigenvalue weighted by molar-refractivity contribution is 6.24. The molecule has 4 rings (SSSR count). The Morgan fingerprint density at radius 2 is 1.91 bits per heavy atom. The molecule has 0 bridgehead atoms. The van der Waals surface area contributed by atoms with Crippen molar-refractivity contribution in [2.24, 2.45) is 0 Å². The van der Waals surface area contributed by atoms with E-state index in [2.05, 4.69) is 16.0 Å². The van der Waals surface area contributed by atoms with Crippen molar-refractivity contribution in [3.8, 4) is 6.07 Å². The van der Waals surface area contributed by atoms with Crippen molar-refractivity contribution in [1.82, 2.24) is 15.5 Å². The van der Waals surface area contributed by atoms with Crippen molar-refractivity contribution < 1.29 is 24.0 Å². The molecular weight excluding hydrogens is 414 g/mol. The number of nitrogens with one attached hydrogen (secondary N) is 3. The highest BCUT2D eigenvalue weighted by Gasteiger charge is 2.45. The largest absolute Gasteiger partial charge is 0.334 e. The zero-order valence-corrected chi connectivity index (χ0v) is 16.7. The van der Waals surface area contributed by atoms with Crippen molar-refractivity contribution >= 4 is 35.3 Å². The summed E-state index contributed by atoms with van der Waals surface area (Å²) in [5.74, 6) is -2.38. The van der Waals surface area contributed by atoms with Crippen molar-refractivity contribution in [1.29, 1.82) is 5.26 Å². The lowest BCUT2D eigenvalue weighted by molar-refractivity contribution is -0.136. The van der Waals surface area contributed by atoms with Crippen LogP contribution in [-0.4, -0.2) is 40.6 Å². The molecule has 10 heteroatoms. The number of imide groups is 2. The van der Waals surface area contributed by atoms with E-state index in [1.54, 1.807) is 30.3 Å². The van der Waals surface area contributed by atoms with E-state index in [1.165, 1.54) is 12.1 Å². The van der Waals surface area contributed by atoms with Crippen LogP contribution in [0.3, 0.4) is 0 Å². The van der Waals surface area contributed by atoms with E-state index in [-0.39, 0.29) is 30.5 Å². The summed E-state index contributed by atoms with van der Waals surface area (Å²) in [5.41, 5.74) is 1.49. The molecule has 160 valence electrons. The first-order chi connectivity index (χ1) is 15.4. The third-order valence-corrected chi connectivity index (χ3v) is 5.24. The third-order valence-electron chi connectivity index (χ3n) is 5.24. The summed E-state index contributed by atoms with van der Waals surface area (Å²) in [6.45, 7) is -0.0465. The van der Waals surface area contributed by atoms with Crippen molar-refractivity contribution in [2.45, 2.75) is 25.4 Å². The van der Waals surface area contributed by atoms with Crippen LogP contribution in [0.15, 0.2) is 42.5 Å². The molecule has 0 aliphatic carbocycles. The quantitative estimate of drug-likeness (QED) is 0.621. The van der Waals surface area contributed by atoms with Crippen LogP contribution in [0.5, 0.6) is 0 Å². The van der Waals surface area contributed by atoms with Gasteiger partial charge in [0.15, 0.2) is 0 Å². The molecular formula is C22H17N5O5. The minimum absolute atomic E-state index is 0.0331. The van der Waals surface area contributed by atoms with Crippen LogP contribution in [0.2, 0.25) is 0 Å². The van der Waals surface area contributed by atoms with Crippen LogP contribution < -0.4 is 16.0 Å². The van der Waals surface area contributed by atoms with Gasteiger partial charge in [-0.15, -0.1) is 0 Å². The average molecular weight is 431 g/mol. The van der Waals surface area contributed by atoms with Gasteiger partial charge >= 0.3 is 6.03 Å². The summed E-state index contributed by atoms with van der Waals surface area (Å²) in [4.78, 5) is 62.6. The van der Waals surface area contributed by atoms with E-state index < -0.39 is 35.7 Å². The molecule has 2 aromatic carbocycles. The minimum Gasteiger partial charge on any atom is -0.334 e. The van der Waals surface area contributed by atoms with Gasteiger partial charge in [0.1, 0.15) is 6.04 Å². The van der Waals surface area contributed by atoms with Crippen molar-refractivity contribution in [3.05, 3.63) is 64.7 Å². The molecule has 2 aromatic rings. The molecule has 2 aliphatic heterocycles. The van der Waals surface area contributed by atoms with Crippen LogP contribution in [0.1, 0.15) is 44.7 Å². The summed E-state index contributed by atoms with van der Waals surface area (Å²) in [5, 5.41) is 16.3. The van der Waals surface area contributed by atoms with E-state index in [0.717, 1.165) is 4.90 Å². The van der Waals surface area contributed by atoms with E-state index in [0.29, 0.717) is 16.8 Å². The molecule has 1 unspecified atom stereocenters. The molecule has 0 saturated carbocycles.